The molecule has 0 radical (unpaired) electrons. The van der Waals surface area contributed by atoms with Gasteiger partial charge >= 0.3 is 0 Å². The van der Waals surface area contributed by atoms with Crippen molar-refractivity contribution in [3.63, 3.8) is 0 Å². The van der Waals surface area contributed by atoms with Crippen LogP contribution >= 0.6 is 28.1 Å². The third kappa shape index (κ3) is 2.13. The van der Waals surface area contributed by atoms with E-state index in [1.54, 1.807) is 0 Å². The highest BCUT2D eigenvalue weighted by molar-refractivity contribution is 9.10. The standard InChI is InChI=1S/C14H11BrN2S/c15-11-7-5-10(6-8-11)9-17-13-4-2-1-3-12(13)16-14(17)18/h1-8H,9H2,(H,16,18). The lowest BCUT2D eigenvalue weighted by Gasteiger charge is -2.04. The Kier molecular flexibility index (Phi) is 3.06. The summed E-state index contributed by atoms with van der Waals surface area (Å²) in [6.45, 7) is 0.788. The summed E-state index contributed by atoms with van der Waals surface area (Å²) >= 11 is 8.82. The van der Waals surface area contributed by atoms with Crippen molar-refractivity contribution < 1.29 is 0 Å². The maximum atomic E-state index is 5.38. The first-order valence-electron chi connectivity index (χ1n) is 5.66. The number of nitrogens with zero attached hydrogens (tertiary/aromatic N) is 1. The number of aromatic amines is 1. The van der Waals surface area contributed by atoms with Crippen LogP contribution in [-0.4, -0.2) is 9.55 Å². The highest BCUT2D eigenvalue weighted by Crippen LogP contribution is 2.17. The SMILES string of the molecule is S=c1[nH]c2ccccc2n1Cc1ccc(Br)cc1. The molecule has 3 rings (SSSR count). The van der Waals surface area contributed by atoms with E-state index < -0.39 is 0 Å². The van der Waals surface area contributed by atoms with Gasteiger partial charge in [0.25, 0.3) is 0 Å². The normalized spacial score (nSPS) is 10.9. The molecule has 0 atom stereocenters. The molecule has 0 fully saturated rings. The first kappa shape index (κ1) is 11.7. The van der Waals surface area contributed by atoms with Crippen LogP contribution in [0.5, 0.6) is 0 Å². The van der Waals surface area contributed by atoms with Gasteiger partial charge in [-0.25, -0.2) is 0 Å². The lowest BCUT2D eigenvalue weighted by atomic mass is 10.2. The van der Waals surface area contributed by atoms with E-state index in [4.69, 9.17) is 12.2 Å². The molecule has 3 aromatic rings. The second kappa shape index (κ2) is 4.71. The maximum Gasteiger partial charge on any atom is 0.178 e. The number of rotatable bonds is 2. The lowest BCUT2D eigenvalue weighted by molar-refractivity contribution is 0.810. The molecular formula is C14H11BrN2S. The van der Waals surface area contributed by atoms with Gasteiger partial charge in [0.05, 0.1) is 17.6 Å². The molecule has 0 spiro atoms. The van der Waals surface area contributed by atoms with E-state index in [-0.39, 0.29) is 0 Å². The van der Waals surface area contributed by atoms with Gasteiger partial charge in [0, 0.05) is 4.47 Å². The van der Waals surface area contributed by atoms with Gasteiger partial charge in [-0.15, -0.1) is 0 Å². The molecule has 1 heterocycles. The molecule has 0 aliphatic carbocycles. The van der Waals surface area contributed by atoms with E-state index in [0.717, 1.165) is 26.8 Å². The number of halogens is 1. The summed E-state index contributed by atoms with van der Waals surface area (Å²) in [7, 11) is 0. The van der Waals surface area contributed by atoms with Crippen molar-refractivity contribution in [1.29, 1.82) is 0 Å². The van der Waals surface area contributed by atoms with Crippen LogP contribution in [0.3, 0.4) is 0 Å². The number of hydrogen-bond acceptors (Lipinski definition) is 1. The first-order valence-corrected chi connectivity index (χ1v) is 6.86. The smallest absolute Gasteiger partial charge is 0.178 e. The van der Waals surface area contributed by atoms with Gasteiger partial charge < -0.3 is 9.55 Å². The lowest BCUT2D eigenvalue weighted by Crippen LogP contribution is -1.99. The third-order valence-corrected chi connectivity index (χ3v) is 3.79. The molecule has 18 heavy (non-hydrogen) atoms. The Bertz CT molecular complexity index is 740. The molecule has 0 aliphatic rings. The maximum absolute atomic E-state index is 5.38. The van der Waals surface area contributed by atoms with Crippen molar-refractivity contribution in [2.75, 3.05) is 0 Å². The van der Waals surface area contributed by atoms with E-state index in [1.165, 1.54) is 5.56 Å². The second-order valence-corrected chi connectivity index (χ2v) is 5.46. The van der Waals surface area contributed by atoms with E-state index >= 15 is 0 Å². The fraction of sp³-hybridized carbons (Fsp3) is 0.0714. The van der Waals surface area contributed by atoms with E-state index in [9.17, 15) is 0 Å². The fourth-order valence-corrected chi connectivity index (χ4v) is 2.57. The summed E-state index contributed by atoms with van der Waals surface area (Å²) in [6.07, 6.45) is 0. The predicted octanol–water partition coefficient (Wildman–Crippen LogP) is 4.51. The first-order chi connectivity index (χ1) is 8.74. The largest absolute Gasteiger partial charge is 0.331 e. The van der Waals surface area contributed by atoms with Crippen LogP contribution in [0.25, 0.3) is 11.0 Å². The van der Waals surface area contributed by atoms with E-state index in [1.807, 2.05) is 30.3 Å². The minimum absolute atomic E-state index is 0.763. The molecular weight excluding hydrogens is 308 g/mol. The van der Waals surface area contributed by atoms with Crippen LogP contribution in [0.1, 0.15) is 5.56 Å². The zero-order chi connectivity index (χ0) is 12.5. The minimum Gasteiger partial charge on any atom is -0.331 e. The molecule has 0 aliphatic heterocycles. The molecule has 90 valence electrons. The zero-order valence-electron chi connectivity index (χ0n) is 9.56. The topological polar surface area (TPSA) is 20.7 Å². The minimum atomic E-state index is 0.763. The molecule has 0 saturated heterocycles. The van der Waals surface area contributed by atoms with Gasteiger partial charge in [-0.05, 0) is 42.0 Å². The number of benzene rings is 2. The van der Waals surface area contributed by atoms with E-state index in [2.05, 4.69) is 43.7 Å². The summed E-state index contributed by atoms with van der Waals surface area (Å²) in [6, 6.07) is 16.5. The third-order valence-electron chi connectivity index (χ3n) is 2.94. The summed E-state index contributed by atoms with van der Waals surface area (Å²) in [5.74, 6) is 0. The van der Waals surface area contributed by atoms with Gasteiger partial charge in [-0.3, -0.25) is 0 Å². The molecule has 0 unspecified atom stereocenters. The van der Waals surface area contributed by atoms with E-state index in [0.29, 0.717) is 0 Å². The average Bonchev–Trinajstić information content (AvgIpc) is 2.69. The van der Waals surface area contributed by atoms with Crippen molar-refractivity contribution in [2.24, 2.45) is 0 Å². The number of fused-ring (bicyclic) bond motifs is 1. The van der Waals surface area contributed by atoms with Crippen LogP contribution in [0.4, 0.5) is 0 Å². The zero-order valence-corrected chi connectivity index (χ0v) is 12.0. The highest BCUT2D eigenvalue weighted by atomic mass is 79.9. The molecule has 1 aromatic heterocycles. The molecule has 2 aromatic carbocycles. The average molecular weight is 319 g/mol. The van der Waals surface area contributed by atoms with Crippen LogP contribution in [0.2, 0.25) is 0 Å². The summed E-state index contributed by atoms with van der Waals surface area (Å²) in [5.41, 5.74) is 3.46. The number of nitrogens with one attached hydrogen (secondary N) is 1. The van der Waals surface area contributed by atoms with Crippen LogP contribution in [-0.2, 0) is 6.54 Å². The molecule has 4 heteroatoms. The summed E-state index contributed by atoms with van der Waals surface area (Å²) in [5, 5.41) is 0. The Balaban J connectivity index is 2.07. The summed E-state index contributed by atoms with van der Waals surface area (Å²) < 4.78 is 3.97. The van der Waals surface area contributed by atoms with Crippen molar-refractivity contribution in [3.8, 4) is 0 Å². The molecule has 0 amide bonds. The monoisotopic (exact) mass is 318 g/mol. The van der Waals surface area contributed by atoms with Crippen molar-refractivity contribution >= 4 is 39.2 Å². The highest BCUT2D eigenvalue weighted by Gasteiger charge is 2.04. The summed E-state index contributed by atoms with van der Waals surface area (Å²) in [4.78, 5) is 3.23. The predicted molar refractivity (Wildman–Crippen MR) is 80.4 cm³/mol. The fourth-order valence-electron chi connectivity index (χ4n) is 2.04. The van der Waals surface area contributed by atoms with Crippen LogP contribution in [0, 0.1) is 4.77 Å². The van der Waals surface area contributed by atoms with Crippen molar-refractivity contribution in [2.45, 2.75) is 6.54 Å². The van der Waals surface area contributed by atoms with Gasteiger partial charge in [-0.1, -0.05) is 40.2 Å². The molecule has 0 saturated carbocycles. The number of aromatic nitrogens is 2. The van der Waals surface area contributed by atoms with Gasteiger partial charge in [0.1, 0.15) is 0 Å². The van der Waals surface area contributed by atoms with Gasteiger partial charge in [-0.2, -0.15) is 0 Å². The Labute approximate surface area is 118 Å². The second-order valence-electron chi connectivity index (χ2n) is 4.16. The van der Waals surface area contributed by atoms with Crippen LogP contribution < -0.4 is 0 Å². The Morgan fingerprint density at radius 1 is 1.06 bits per heavy atom. The quantitative estimate of drug-likeness (QED) is 0.689. The Morgan fingerprint density at radius 3 is 2.56 bits per heavy atom. The molecule has 0 bridgehead atoms. The van der Waals surface area contributed by atoms with Crippen molar-refractivity contribution in [3.05, 3.63) is 63.3 Å². The Hall–Kier alpha value is -1.39. The molecule has 1 N–H and O–H groups in total. The molecule has 2 nitrogen and oxygen atoms in total. The number of imidazole rings is 1. The number of hydrogen-bond donors (Lipinski definition) is 1. The number of H-pyrrole nitrogens is 1. The van der Waals surface area contributed by atoms with Gasteiger partial charge in [0.2, 0.25) is 0 Å². The van der Waals surface area contributed by atoms with Crippen LogP contribution in [0.15, 0.2) is 53.0 Å². The number of para-hydroxylation sites is 2. The van der Waals surface area contributed by atoms with Crippen molar-refractivity contribution in [1.82, 2.24) is 9.55 Å². The Morgan fingerprint density at radius 2 is 1.78 bits per heavy atom. The van der Waals surface area contributed by atoms with Gasteiger partial charge in [0.15, 0.2) is 4.77 Å².